The molecule has 0 aromatic rings. The van der Waals surface area contributed by atoms with Crippen molar-refractivity contribution < 1.29 is 9.59 Å². The topological polar surface area (TPSA) is 49.4 Å². The van der Waals surface area contributed by atoms with Gasteiger partial charge in [0, 0.05) is 6.04 Å². The fraction of sp³-hybridized carbons (Fsp3) is 0.846. The molecule has 1 N–H and O–H groups in total. The SMILES string of the molecule is CCC1CCCCC1N1C(=O)CNC(=O)C1C. The molecule has 0 aromatic carbocycles. The molecule has 1 heterocycles. The zero-order chi connectivity index (χ0) is 12.4. The third-order valence-electron chi connectivity index (χ3n) is 4.25. The summed E-state index contributed by atoms with van der Waals surface area (Å²) in [6.07, 6.45) is 5.79. The van der Waals surface area contributed by atoms with E-state index in [0.717, 1.165) is 12.8 Å². The standard InChI is InChI=1S/C13H22N2O2/c1-3-10-6-4-5-7-11(10)15-9(2)13(17)14-8-12(15)16/h9-11H,3-8H2,1-2H3,(H,14,17). The molecule has 0 aromatic heterocycles. The molecular weight excluding hydrogens is 216 g/mol. The lowest BCUT2D eigenvalue weighted by atomic mass is 9.81. The lowest BCUT2D eigenvalue weighted by Crippen LogP contribution is -2.62. The van der Waals surface area contributed by atoms with Crippen LogP contribution < -0.4 is 5.32 Å². The van der Waals surface area contributed by atoms with Gasteiger partial charge in [-0.25, -0.2) is 0 Å². The molecule has 2 rings (SSSR count). The molecule has 1 aliphatic heterocycles. The number of amides is 2. The van der Waals surface area contributed by atoms with Gasteiger partial charge in [0.05, 0.1) is 6.54 Å². The first-order chi connectivity index (χ1) is 8.15. The zero-order valence-corrected chi connectivity index (χ0v) is 10.7. The van der Waals surface area contributed by atoms with Gasteiger partial charge in [0.1, 0.15) is 6.04 Å². The average molecular weight is 238 g/mol. The molecule has 2 aliphatic rings. The quantitative estimate of drug-likeness (QED) is 0.788. The summed E-state index contributed by atoms with van der Waals surface area (Å²) in [5.74, 6) is 0.647. The highest BCUT2D eigenvalue weighted by Gasteiger charge is 2.39. The summed E-state index contributed by atoms with van der Waals surface area (Å²) in [6.45, 7) is 4.20. The highest BCUT2D eigenvalue weighted by atomic mass is 16.2. The zero-order valence-electron chi connectivity index (χ0n) is 10.7. The van der Waals surface area contributed by atoms with E-state index in [-0.39, 0.29) is 30.4 Å². The molecule has 0 radical (unpaired) electrons. The van der Waals surface area contributed by atoms with E-state index in [2.05, 4.69) is 12.2 Å². The van der Waals surface area contributed by atoms with E-state index in [9.17, 15) is 9.59 Å². The molecule has 1 saturated carbocycles. The van der Waals surface area contributed by atoms with Crippen LogP contribution >= 0.6 is 0 Å². The lowest BCUT2D eigenvalue weighted by Gasteiger charge is -2.44. The van der Waals surface area contributed by atoms with Crippen molar-refractivity contribution in [3.05, 3.63) is 0 Å². The molecule has 2 fully saturated rings. The van der Waals surface area contributed by atoms with Gasteiger partial charge in [-0.3, -0.25) is 9.59 Å². The monoisotopic (exact) mass is 238 g/mol. The van der Waals surface area contributed by atoms with E-state index < -0.39 is 0 Å². The maximum atomic E-state index is 12.0. The number of nitrogens with zero attached hydrogens (tertiary/aromatic N) is 1. The van der Waals surface area contributed by atoms with E-state index in [4.69, 9.17) is 0 Å². The van der Waals surface area contributed by atoms with Gasteiger partial charge in [-0.2, -0.15) is 0 Å². The van der Waals surface area contributed by atoms with Crippen molar-refractivity contribution in [1.29, 1.82) is 0 Å². The second-order valence-corrected chi connectivity index (χ2v) is 5.21. The van der Waals surface area contributed by atoms with Crippen molar-refractivity contribution in [2.24, 2.45) is 5.92 Å². The summed E-state index contributed by atoms with van der Waals surface area (Å²) in [4.78, 5) is 25.6. The van der Waals surface area contributed by atoms with Gasteiger partial charge in [0.25, 0.3) is 0 Å². The van der Waals surface area contributed by atoms with Crippen molar-refractivity contribution in [3.8, 4) is 0 Å². The predicted octanol–water partition coefficient (Wildman–Crippen LogP) is 1.30. The molecule has 17 heavy (non-hydrogen) atoms. The highest BCUT2D eigenvalue weighted by Crippen LogP contribution is 2.32. The third kappa shape index (κ3) is 2.31. The van der Waals surface area contributed by atoms with Gasteiger partial charge < -0.3 is 10.2 Å². The minimum absolute atomic E-state index is 0.00923. The summed E-state index contributed by atoms with van der Waals surface area (Å²) >= 11 is 0. The van der Waals surface area contributed by atoms with Crippen LogP contribution in [0.3, 0.4) is 0 Å². The summed E-state index contributed by atoms with van der Waals surface area (Å²) in [5.41, 5.74) is 0. The fourth-order valence-electron chi connectivity index (χ4n) is 3.25. The van der Waals surface area contributed by atoms with Crippen LogP contribution in [0.2, 0.25) is 0 Å². The van der Waals surface area contributed by atoms with Gasteiger partial charge in [-0.05, 0) is 25.7 Å². The van der Waals surface area contributed by atoms with Gasteiger partial charge in [-0.1, -0.05) is 26.2 Å². The second kappa shape index (κ2) is 5.07. The van der Waals surface area contributed by atoms with E-state index in [1.807, 2.05) is 11.8 Å². The van der Waals surface area contributed by atoms with E-state index in [0.29, 0.717) is 5.92 Å². The Balaban J connectivity index is 2.17. The molecule has 0 bridgehead atoms. The summed E-state index contributed by atoms with van der Waals surface area (Å²) in [7, 11) is 0. The Kier molecular flexibility index (Phi) is 3.69. The summed E-state index contributed by atoms with van der Waals surface area (Å²) < 4.78 is 0. The van der Waals surface area contributed by atoms with E-state index >= 15 is 0 Å². The smallest absolute Gasteiger partial charge is 0.242 e. The van der Waals surface area contributed by atoms with Gasteiger partial charge >= 0.3 is 0 Å². The third-order valence-corrected chi connectivity index (χ3v) is 4.25. The molecule has 2 amide bonds. The Morgan fingerprint density at radius 1 is 1.29 bits per heavy atom. The molecule has 96 valence electrons. The van der Waals surface area contributed by atoms with Gasteiger partial charge in [-0.15, -0.1) is 0 Å². The first-order valence-electron chi connectivity index (χ1n) is 6.74. The molecule has 1 aliphatic carbocycles. The Morgan fingerprint density at radius 2 is 2.00 bits per heavy atom. The number of piperazine rings is 1. The second-order valence-electron chi connectivity index (χ2n) is 5.21. The van der Waals surface area contributed by atoms with E-state index in [1.54, 1.807) is 0 Å². The van der Waals surface area contributed by atoms with Crippen LogP contribution in [0.4, 0.5) is 0 Å². The first-order valence-corrected chi connectivity index (χ1v) is 6.74. The van der Waals surface area contributed by atoms with Crippen LogP contribution in [-0.4, -0.2) is 35.3 Å². The van der Waals surface area contributed by atoms with Gasteiger partial charge in [0.15, 0.2) is 0 Å². The van der Waals surface area contributed by atoms with E-state index in [1.165, 1.54) is 19.3 Å². The van der Waals surface area contributed by atoms with Crippen LogP contribution in [0, 0.1) is 5.92 Å². The highest BCUT2D eigenvalue weighted by molar-refractivity contribution is 5.94. The number of nitrogens with one attached hydrogen (secondary N) is 1. The minimum Gasteiger partial charge on any atom is -0.345 e. The Bertz CT molecular complexity index is 317. The van der Waals surface area contributed by atoms with Crippen molar-refractivity contribution in [2.75, 3.05) is 6.54 Å². The van der Waals surface area contributed by atoms with Crippen LogP contribution in [0.25, 0.3) is 0 Å². The fourth-order valence-corrected chi connectivity index (χ4v) is 3.25. The summed E-state index contributed by atoms with van der Waals surface area (Å²) in [6, 6.07) is -0.0179. The first kappa shape index (κ1) is 12.4. The van der Waals surface area contributed by atoms with Crippen molar-refractivity contribution in [1.82, 2.24) is 10.2 Å². The van der Waals surface area contributed by atoms with Crippen LogP contribution in [0.15, 0.2) is 0 Å². The lowest BCUT2D eigenvalue weighted by molar-refractivity contribution is -0.149. The molecule has 4 heteroatoms. The Morgan fingerprint density at radius 3 is 2.71 bits per heavy atom. The van der Waals surface area contributed by atoms with Crippen molar-refractivity contribution >= 4 is 11.8 Å². The maximum absolute atomic E-state index is 12.0. The number of hydrogen-bond acceptors (Lipinski definition) is 2. The normalized spacial score (nSPS) is 34.7. The largest absolute Gasteiger partial charge is 0.345 e. The average Bonchev–Trinajstić information content (AvgIpc) is 2.35. The number of rotatable bonds is 2. The van der Waals surface area contributed by atoms with Crippen molar-refractivity contribution in [3.63, 3.8) is 0 Å². The summed E-state index contributed by atoms with van der Waals surface area (Å²) in [5, 5.41) is 2.65. The van der Waals surface area contributed by atoms with Crippen LogP contribution in [-0.2, 0) is 9.59 Å². The molecule has 3 atom stereocenters. The molecular formula is C13H22N2O2. The number of hydrogen-bond donors (Lipinski definition) is 1. The number of carbonyl (C=O) groups excluding carboxylic acids is 2. The minimum atomic E-state index is -0.298. The van der Waals surface area contributed by atoms with Crippen molar-refractivity contribution in [2.45, 2.75) is 58.0 Å². The number of carbonyl (C=O) groups is 2. The maximum Gasteiger partial charge on any atom is 0.242 e. The Labute approximate surface area is 103 Å². The molecule has 3 unspecified atom stereocenters. The molecule has 4 nitrogen and oxygen atoms in total. The Hall–Kier alpha value is -1.06. The van der Waals surface area contributed by atoms with Gasteiger partial charge in [0.2, 0.25) is 11.8 Å². The molecule has 1 saturated heterocycles. The predicted molar refractivity (Wildman–Crippen MR) is 65.4 cm³/mol. The van der Waals surface area contributed by atoms with Crippen LogP contribution in [0.5, 0.6) is 0 Å². The van der Waals surface area contributed by atoms with Crippen LogP contribution in [0.1, 0.15) is 46.0 Å². The molecule has 0 spiro atoms.